The zero-order valence-electron chi connectivity index (χ0n) is 11.8. The number of hydrogen-bond donors (Lipinski definition) is 0. The number of hydrogen-bond acceptors (Lipinski definition) is 0. The predicted octanol–water partition coefficient (Wildman–Crippen LogP) is -3.14. The molecule has 18 heavy (non-hydrogen) atoms. The molecule has 1 rings (SSSR count). The third kappa shape index (κ3) is 3.62. The molecule has 0 saturated carbocycles. The number of benzene rings is 1. The molecule has 0 aliphatic rings. The first-order chi connectivity index (χ1) is 8.51. The lowest BCUT2D eigenvalue weighted by Crippen LogP contribution is -2.31. The first-order valence-electron chi connectivity index (χ1n) is 6.19. The lowest BCUT2D eigenvalue weighted by atomic mass is 9.72. The molecule has 0 aromatic heterocycles. The molecule has 0 radical (unpaired) electrons. The van der Waals surface area contributed by atoms with Gasteiger partial charge in [0, 0.05) is 0 Å². The van der Waals surface area contributed by atoms with Crippen LogP contribution in [0.3, 0.4) is 0 Å². The number of halogens is 1. The summed E-state index contributed by atoms with van der Waals surface area (Å²) in [5.41, 5.74) is 7.86. The standard InChI is InChI=1S/C12H16B5Br/c13-3-1-9(14)7(2-4-18)8-5-11(16)12(17)6-10(8)15/h1-6H,13-17H2/b3-1+,4-2+,9-7-. The van der Waals surface area contributed by atoms with Gasteiger partial charge in [0.05, 0.1) is 0 Å². The van der Waals surface area contributed by atoms with Crippen LogP contribution in [0.5, 0.6) is 0 Å². The molecule has 0 aliphatic heterocycles. The average molecular weight is 294 g/mol. The Morgan fingerprint density at radius 1 is 1.00 bits per heavy atom. The predicted molar refractivity (Wildman–Crippen MR) is 102 cm³/mol. The van der Waals surface area contributed by atoms with Crippen molar-refractivity contribution in [3.8, 4) is 0 Å². The van der Waals surface area contributed by atoms with E-state index in [4.69, 9.17) is 0 Å². The molecule has 0 N–H and O–H groups in total. The SMILES string of the molecule is B/C=C/C(B)=C(\C=C\Br)c1cc(B)c(B)cc1B. The minimum Gasteiger partial charge on any atom is -0.124 e. The van der Waals surface area contributed by atoms with Gasteiger partial charge in [-0.1, -0.05) is 56.0 Å². The van der Waals surface area contributed by atoms with Gasteiger partial charge in [-0.25, -0.2) is 0 Å². The molecule has 0 aliphatic carbocycles. The minimum atomic E-state index is 1.27. The second-order valence-electron chi connectivity index (χ2n) is 4.64. The van der Waals surface area contributed by atoms with Crippen molar-refractivity contribution in [2.75, 3.05) is 0 Å². The van der Waals surface area contributed by atoms with Crippen LogP contribution in [0.1, 0.15) is 5.56 Å². The van der Waals surface area contributed by atoms with Gasteiger partial charge in [-0.15, -0.1) is 5.98 Å². The molecular weight excluding hydrogens is 278 g/mol. The zero-order valence-corrected chi connectivity index (χ0v) is 13.4. The van der Waals surface area contributed by atoms with Crippen LogP contribution in [0.4, 0.5) is 0 Å². The van der Waals surface area contributed by atoms with Crippen molar-refractivity contribution in [3.05, 3.63) is 46.3 Å². The Balaban J connectivity index is 3.49. The van der Waals surface area contributed by atoms with Gasteiger partial charge in [0.1, 0.15) is 39.2 Å². The van der Waals surface area contributed by atoms with E-state index in [0.717, 1.165) is 0 Å². The van der Waals surface area contributed by atoms with E-state index in [1.165, 1.54) is 33.0 Å². The molecule has 86 valence electrons. The van der Waals surface area contributed by atoms with Crippen LogP contribution in [0.15, 0.2) is 40.7 Å². The molecule has 6 heteroatoms. The smallest absolute Gasteiger partial charge is 0.124 e. The van der Waals surface area contributed by atoms with Crippen LogP contribution in [-0.4, -0.2) is 39.2 Å². The Morgan fingerprint density at radius 2 is 1.61 bits per heavy atom. The summed E-state index contributed by atoms with van der Waals surface area (Å²) in [7, 11) is 10.7. The summed E-state index contributed by atoms with van der Waals surface area (Å²) in [6.45, 7) is 0. The molecule has 0 amide bonds. The van der Waals surface area contributed by atoms with Gasteiger partial charge in [-0.05, 0) is 22.2 Å². The van der Waals surface area contributed by atoms with Crippen molar-refractivity contribution in [3.63, 3.8) is 0 Å². The van der Waals surface area contributed by atoms with Gasteiger partial charge in [0.2, 0.25) is 0 Å². The third-order valence-corrected chi connectivity index (χ3v) is 3.47. The lowest BCUT2D eigenvalue weighted by molar-refractivity contribution is 1.72. The molecule has 0 bridgehead atoms. The molecule has 1 aromatic rings. The van der Waals surface area contributed by atoms with Crippen LogP contribution in [0, 0.1) is 0 Å². The van der Waals surface area contributed by atoms with Crippen molar-refractivity contribution in [2.24, 2.45) is 0 Å². The van der Waals surface area contributed by atoms with Gasteiger partial charge in [0.25, 0.3) is 0 Å². The Hall–Kier alpha value is -0.755. The highest BCUT2D eigenvalue weighted by Gasteiger charge is 2.06. The minimum absolute atomic E-state index is 1.27. The summed E-state index contributed by atoms with van der Waals surface area (Å²) in [4.78, 5) is 1.92. The third-order valence-electron chi connectivity index (χ3n) is 3.20. The molecule has 0 saturated heterocycles. The molecule has 1 aromatic carbocycles. The van der Waals surface area contributed by atoms with Crippen LogP contribution >= 0.6 is 15.9 Å². The van der Waals surface area contributed by atoms with Crippen LogP contribution in [0.25, 0.3) is 5.57 Å². The Morgan fingerprint density at radius 3 is 2.17 bits per heavy atom. The highest BCUT2D eigenvalue weighted by atomic mass is 79.9. The zero-order chi connectivity index (χ0) is 13.7. The second-order valence-corrected chi connectivity index (χ2v) is 5.17. The van der Waals surface area contributed by atoms with E-state index in [-0.39, 0.29) is 0 Å². The maximum atomic E-state index is 3.39. The van der Waals surface area contributed by atoms with Gasteiger partial charge in [-0.3, -0.25) is 0 Å². The maximum absolute atomic E-state index is 3.39. The van der Waals surface area contributed by atoms with Crippen molar-refractivity contribution in [1.82, 2.24) is 0 Å². The molecular formula is C12H16B5Br. The van der Waals surface area contributed by atoms with Gasteiger partial charge < -0.3 is 0 Å². The maximum Gasteiger partial charge on any atom is 0.140 e. The molecule has 0 spiro atoms. The lowest BCUT2D eigenvalue weighted by Gasteiger charge is -2.13. The highest BCUT2D eigenvalue weighted by Crippen LogP contribution is 2.17. The fraction of sp³-hybridized carbons (Fsp3) is 0. The van der Waals surface area contributed by atoms with Crippen LogP contribution in [-0.2, 0) is 0 Å². The number of allylic oxidation sites excluding steroid dienone is 4. The number of rotatable bonds is 3. The summed E-state index contributed by atoms with van der Waals surface area (Å²) in [5, 5.41) is 0. The fourth-order valence-electron chi connectivity index (χ4n) is 2.09. The van der Waals surface area contributed by atoms with Gasteiger partial charge in [-0.2, -0.15) is 0 Å². The van der Waals surface area contributed by atoms with E-state index in [1.807, 2.05) is 12.8 Å². The topological polar surface area (TPSA) is 0 Å². The van der Waals surface area contributed by atoms with Crippen molar-refractivity contribution >= 4 is 77.1 Å². The molecule has 0 atom stereocenters. The normalized spacial score (nSPS) is 13.2. The quantitative estimate of drug-likeness (QED) is 0.408. The molecule has 0 nitrogen and oxygen atoms in total. The average Bonchev–Trinajstić information content (AvgIpc) is 2.31. The summed E-state index contributed by atoms with van der Waals surface area (Å²) in [5.74, 6) is 2.08. The van der Waals surface area contributed by atoms with Crippen LogP contribution in [0.2, 0.25) is 0 Å². The molecule has 0 unspecified atom stereocenters. The van der Waals surface area contributed by atoms with E-state index in [9.17, 15) is 0 Å². The molecule has 0 fully saturated rings. The van der Waals surface area contributed by atoms with Gasteiger partial charge in [0.15, 0.2) is 0 Å². The van der Waals surface area contributed by atoms with Crippen molar-refractivity contribution in [1.29, 1.82) is 0 Å². The van der Waals surface area contributed by atoms with E-state index in [2.05, 4.69) is 77.6 Å². The van der Waals surface area contributed by atoms with E-state index < -0.39 is 0 Å². The summed E-state index contributed by atoms with van der Waals surface area (Å²) < 4.78 is 0. The molecule has 0 heterocycles. The largest absolute Gasteiger partial charge is 0.140 e. The Labute approximate surface area is 123 Å². The Kier molecular flexibility index (Phi) is 5.94. The van der Waals surface area contributed by atoms with E-state index in [0.29, 0.717) is 0 Å². The van der Waals surface area contributed by atoms with Crippen molar-refractivity contribution in [2.45, 2.75) is 0 Å². The van der Waals surface area contributed by atoms with E-state index in [1.54, 1.807) is 0 Å². The van der Waals surface area contributed by atoms with Gasteiger partial charge >= 0.3 is 0 Å². The first kappa shape index (κ1) is 15.3. The first-order valence-corrected chi connectivity index (χ1v) is 7.11. The van der Waals surface area contributed by atoms with Crippen molar-refractivity contribution < 1.29 is 0 Å². The second kappa shape index (κ2) is 6.99. The highest BCUT2D eigenvalue weighted by molar-refractivity contribution is 9.11. The van der Waals surface area contributed by atoms with E-state index >= 15 is 0 Å². The summed E-state index contributed by atoms with van der Waals surface area (Å²) in [6.07, 6.45) is 4.27. The fourth-order valence-corrected chi connectivity index (χ4v) is 2.35. The monoisotopic (exact) mass is 294 g/mol. The van der Waals surface area contributed by atoms with Crippen LogP contribution < -0.4 is 16.4 Å². The Bertz CT molecular complexity index is 532. The summed E-state index contributed by atoms with van der Waals surface area (Å²) >= 11 is 3.39. The summed E-state index contributed by atoms with van der Waals surface area (Å²) in [6, 6.07) is 4.54.